The molecule has 1 aliphatic heterocycles. The third kappa shape index (κ3) is 3.39. The van der Waals surface area contributed by atoms with Crippen LogP contribution >= 0.6 is 0 Å². The van der Waals surface area contributed by atoms with E-state index in [0.717, 1.165) is 25.3 Å². The summed E-state index contributed by atoms with van der Waals surface area (Å²) < 4.78 is 10.3. The summed E-state index contributed by atoms with van der Waals surface area (Å²) in [4.78, 5) is 13.9. The Labute approximate surface area is 130 Å². The molecule has 2 aromatic rings. The summed E-state index contributed by atoms with van der Waals surface area (Å²) in [5, 5.41) is 0. The van der Waals surface area contributed by atoms with Crippen LogP contribution in [0.4, 0.5) is 0 Å². The Morgan fingerprint density at radius 1 is 1.27 bits per heavy atom. The summed E-state index contributed by atoms with van der Waals surface area (Å²) in [7, 11) is 1.36. The maximum atomic E-state index is 11.4. The molecule has 1 saturated heterocycles. The van der Waals surface area contributed by atoms with Gasteiger partial charge in [-0.05, 0) is 43.5 Å². The normalized spacial score (nSPS) is 18.5. The molecule has 116 valence electrons. The largest absolute Gasteiger partial charge is 0.463 e. The smallest absolute Gasteiger partial charge is 0.373 e. The zero-order valence-electron chi connectivity index (χ0n) is 12.8. The number of rotatable bonds is 5. The lowest BCUT2D eigenvalue weighted by Crippen LogP contribution is -2.30. The third-order valence-corrected chi connectivity index (χ3v) is 4.22. The van der Waals surface area contributed by atoms with Crippen molar-refractivity contribution in [1.82, 2.24) is 4.90 Å². The molecule has 0 aliphatic carbocycles. The molecule has 0 amide bonds. The van der Waals surface area contributed by atoms with Crippen LogP contribution in [0, 0.1) is 0 Å². The first-order valence-corrected chi connectivity index (χ1v) is 7.71. The van der Waals surface area contributed by atoms with Crippen molar-refractivity contribution in [1.29, 1.82) is 0 Å². The average Bonchev–Trinajstić information content (AvgIpc) is 3.18. The van der Waals surface area contributed by atoms with Crippen LogP contribution in [0.25, 0.3) is 0 Å². The van der Waals surface area contributed by atoms with Crippen LogP contribution < -0.4 is 0 Å². The minimum Gasteiger partial charge on any atom is -0.463 e. The molecule has 1 fully saturated rings. The first-order valence-electron chi connectivity index (χ1n) is 7.71. The van der Waals surface area contributed by atoms with Crippen LogP contribution in [0.1, 0.15) is 34.7 Å². The zero-order valence-corrected chi connectivity index (χ0v) is 12.8. The van der Waals surface area contributed by atoms with Crippen molar-refractivity contribution in [3.05, 3.63) is 59.5 Å². The zero-order chi connectivity index (χ0) is 15.4. The van der Waals surface area contributed by atoms with Crippen molar-refractivity contribution in [3.63, 3.8) is 0 Å². The number of nitrogens with zero attached hydrogens (tertiary/aromatic N) is 1. The average molecular weight is 299 g/mol. The van der Waals surface area contributed by atoms with Gasteiger partial charge in [0.1, 0.15) is 5.76 Å². The van der Waals surface area contributed by atoms with Crippen molar-refractivity contribution in [3.8, 4) is 0 Å². The lowest BCUT2D eigenvalue weighted by Gasteiger charge is -2.23. The number of furan rings is 1. The van der Waals surface area contributed by atoms with Gasteiger partial charge < -0.3 is 9.15 Å². The fourth-order valence-electron chi connectivity index (χ4n) is 3.09. The van der Waals surface area contributed by atoms with Crippen molar-refractivity contribution in [2.45, 2.75) is 31.8 Å². The van der Waals surface area contributed by atoms with E-state index in [1.807, 2.05) is 12.1 Å². The van der Waals surface area contributed by atoms with E-state index in [-0.39, 0.29) is 5.76 Å². The Balaban J connectivity index is 1.63. The maximum absolute atomic E-state index is 11.4. The van der Waals surface area contributed by atoms with Gasteiger partial charge in [0.25, 0.3) is 0 Å². The standard InChI is InChI=1S/C18H21NO3/c1-21-18(20)17-10-9-16(22-17)13-19-11-5-8-15(19)12-14-6-3-2-4-7-14/h2-4,6-7,9-10,15H,5,8,11-13H2,1H3. The topological polar surface area (TPSA) is 42.7 Å². The Morgan fingerprint density at radius 3 is 2.86 bits per heavy atom. The second-order valence-electron chi connectivity index (χ2n) is 5.71. The van der Waals surface area contributed by atoms with Crippen molar-refractivity contribution in [2.75, 3.05) is 13.7 Å². The van der Waals surface area contributed by atoms with E-state index in [1.165, 1.54) is 25.5 Å². The third-order valence-electron chi connectivity index (χ3n) is 4.22. The number of hydrogen-bond acceptors (Lipinski definition) is 4. The second-order valence-corrected chi connectivity index (χ2v) is 5.71. The number of methoxy groups -OCH3 is 1. The SMILES string of the molecule is COC(=O)c1ccc(CN2CCCC2Cc2ccccc2)o1. The number of benzene rings is 1. The summed E-state index contributed by atoms with van der Waals surface area (Å²) in [6.07, 6.45) is 3.48. The monoisotopic (exact) mass is 299 g/mol. The van der Waals surface area contributed by atoms with Gasteiger partial charge >= 0.3 is 5.97 Å². The molecule has 1 atom stereocenters. The Morgan fingerprint density at radius 2 is 2.09 bits per heavy atom. The van der Waals surface area contributed by atoms with Crippen molar-refractivity contribution < 1.29 is 13.9 Å². The molecule has 1 aromatic carbocycles. The lowest BCUT2D eigenvalue weighted by atomic mass is 10.0. The molecule has 22 heavy (non-hydrogen) atoms. The van der Waals surface area contributed by atoms with Gasteiger partial charge in [-0.3, -0.25) is 4.90 Å². The highest BCUT2D eigenvalue weighted by molar-refractivity contribution is 5.86. The van der Waals surface area contributed by atoms with Gasteiger partial charge in [-0.1, -0.05) is 30.3 Å². The van der Waals surface area contributed by atoms with E-state index in [2.05, 4.69) is 33.9 Å². The van der Waals surface area contributed by atoms with E-state index in [4.69, 9.17) is 4.42 Å². The van der Waals surface area contributed by atoms with Gasteiger partial charge in [-0.2, -0.15) is 0 Å². The molecular weight excluding hydrogens is 278 g/mol. The van der Waals surface area contributed by atoms with Gasteiger partial charge in [-0.25, -0.2) is 4.79 Å². The number of carbonyl (C=O) groups excluding carboxylic acids is 1. The van der Waals surface area contributed by atoms with Crippen LogP contribution in [0.3, 0.4) is 0 Å². The number of carbonyl (C=O) groups is 1. The molecule has 1 aromatic heterocycles. The number of esters is 1. The summed E-state index contributed by atoms with van der Waals surface area (Å²) >= 11 is 0. The Bertz CT molecular complexity index is 620. The van der Waals surface area contributed by atoms with Gasteiger partial charge in [0.15, 0.2) is 0 Å². The molecule has 1 aliphatic rings. The van der Waals surface area contributed by atoms with Gasteiger partial charge in [0.2, 0.25) is 5.76 Å². The lowest BCUT2D eigenvalue weighted by molar-refractivity contribution is 0.0561. The number of ether oxygens (including phenoxy) is 1. The summed E-state index contributed by atoms with van der Waals surface area (Å²) in [6, 6.07) is 14.7. The first kappa shape index (κ1) is 14.9. The van der Waals surface area contributed by atoms with Gasteiger partial charge in [0.05, 0.1) is 13.7 Å². The van der Waals surface area contributed by atoms with Crippen LogP contribution in [0.5, 0.6) is 0 Å². The van der Waals surface area contributed by atoms with Crippen molar-refractivity contribution >= 4 is 5.97 Å². The molecule has 0 spiro atoms. The molecule has 1 unspecified atom stereocenters. The minimum absolute atomic E-state index is 0.274. The predicted molar refractivity (Wildman–Crippen MR) is 83.6 cm³/mol. The molecule has 0 radical (unpaired) electrons. The highest BCUT2D eigenvalue weighted by Gasteiger charge is 2.25. The molecular formula is C18H21NO3. The highest BCUT2D eigenvalue weighted by atomic mass is 16.5. The maximum Gasteiger partial charge on any atom is 0.373 e. The van der Waals surface area contributed by atoms with Gasteiger partial charge in [0, 0.05) is 6.04 Å². The molecule has 2 heterocycles. The van der Waals surface area contributed by atoms with Crippen LogP contribution in [0.15, 0.2) is 46.9 Å². The fraction of sp³-hybridized carbons (Fsp3) is 0.389. The first-order chi connectivity index (χ1) is 10.8. The highest BCUT2D eigenvalue weighted by Crippen LogP contribution is 2.24. The molecule has 4 nitrogen and oxygen atoms in total. The predicted octanol–water partition coefficient (Wildman–Crippen LogP) is 3.27. The summed E-state index contributed by atoms with van der Waals surface area (Å²) in [5.74, 6) is 0.671. The Kier molecular flexibility index (Phi) is 4.59. The quantitative estimate of drug-likeness (QED) is 0.795. The van der Waals surface area contributed by atoms with Crippen LogP contribution in [0.2, 0.25) is 0 Å². The number of hydrogen-bond donors (Lipinski definition) is 0. The molecule has 0 saturated carbocycles. The molecule has 0 bridgehead atoms. The van der Waals surface area contributed by atoms with Crippen molar-refractivity contribution in [2.24, 2.45) is 0 Å². The van der Waals surface area contributed by atoms with Crippen LogP contribution in [-0.4, -0.2) is 30.6 Å². The van der Waals surface area contributed by atoms with E-state index in [0.29, 0.717) is 6.04 Å². The van der Waals surface area contributed by atoms with E-state index < -0.39 is 5.97 Å². The van der Waals surface area contributed by atoms with E-state index in [9.17, 15) is 4.79 Å². The van der Waals surface area contributed by atoms with E-state index >= 15 is 0 Å². The van der Waals surface area contributed by atoms with Gasteiger partial charge in [-0.15, -0.1) is 0 Å². The summed E-state index contributed by atoms with van der Waals surface area (Å²) in [6.45, 7) is 1.82. The summed E-state index contributed by atoms with van der Waals surface area (Å²) in [5.41, 5.74) is 1.37. The number of likely N-dealkylation sites (tertiary alicyclic amines) is 1. The second kappa shape index (κ2) is 6.79. The molecule has 4 heteroatoms. The molecule has 3 rings (SSSR count). The minimum atomic E-state index is -0.423. The fourth-order valence-corrected chi connectivity index (χ4v) is 3.09. The molecule has 0 N–H and O–H groups in total. The Hall–Kier alpha value is -2.07. The van der Waals surface area contributed by atoms with Crippen LogP contribution in [-0.2, 0) is 17.7 Å². The van der Waals surface area contributed by atoms with E-state index in [1.54, 1.807) is 6.07 Å².